The topological polar surface area (TPSA) is 107 Å². The Hall–Kier alpha value is -3.11. The highest BCUT2D eigenvalue weighted by Crippen LogP contribution is 2.39. The molecule has 0 unspecified atom stereocenters. The summed E-state index contributed by atoms with van der Waals surface area (Å²) in [7, 11) is 0.676. The SMILES string of the molecule is COc1ccc(/C=N\NC(=O)CN(C2CCCCC2)S(=O)(=O)c2ccccc2)c(OC)c1OC. The lowest BCUT2D eigenvalue weighted by molar-refractivity contribution is -0.121. The van der Waals surface area contributed by atoms with Crippen LogP contribution in [0.15, 0.2) is 52.5 Å². The van der Waals surface area contributed by atoms with Gasteiger partial charge in [-0.1, -0.05) is 37.5 Å². The molecule has 1 saturated carbocycles. The van der Waals surface area contributed by atoms with Crippen molar-refractivity contribution in [2.45, 2.75) is 43.0 Å². The molecule has 1 amide bonds. The van der Waals surface area contributed by atoms with E-state index < -0.39 is 15.9 Å². The number of hydrogen-bond donors (Lipinski definition) is 1. The van der Waals surface area contributed by atoms with E-state index in [1.165, 1.54) is 31.8 Å². The summed E-state index contributed by atoms with van der Waals surface area (Å²) in [6.45, 7) is -0.317. The maximum Gasteiger partial charge on any atom is 0.255 e. The quantitative estimate of drug-likeness (QED) is 0.406. The second kappa shape index (κ2) is 11.8. The van der Waals surface area contributed by atoms with Gasteiger partial charge in [-0.3, -0.25) is 4.79 Å². The lowest BCUT2D eigenvalue weighted by atomic mass is 9.95. The Bertz CT molecular complexity index is 1100. The van der Waals surface area contributed by atoms with Crippen molar-refractivity contribution in [1.82, 2.24) is 9.73 Å². The minimum atomic E-state index is -3.83. The molecule has 184 valence electrons. The van der Waals surface area contributed by atoms with Gasteiger partial charge in [0.1, 0.15) is 0 Å². The summed E-state index contributed by atoms with van der Waals surface area (Å²) in [5.74, 6) is 0.767. The standard InChI is InChI=1S/C24H31N3O6S/c1-31-21-15-14-18(23(32-2)24(21)33-3)16-25-26-22(28)17-27(19-10-6-4-7-11-19)34(29,30)20-12-8-5-9-13-20/h5,8-9,12-16,19H,4,6-7,10-11,17H2,1-3H3,(H,26,28)/b25-16-. The van der Waals surface area contributed by atoms with Crippen molar-refractivity contribution < 1.29 is 27.4 Å². The Morgan fingerprint density at radius 2 is 1.68 bits per heavy atom. The maximum atomic E-state index is 13.3. The molecule has 0 atom stereocenters. The molecule has 0 saturated heterocycles. The highest BCUT2D eigenvalue weighted by atomic mass is 32.2. The molecule has 0 radical (unpaired) electrons. The van der Waals surface area contributed by atoms with Crippen LogP contribution in [0.2, 0.25) is 0 Å². The lowest BCUT2D eigenvalue weighted by Crippen LogP contribution is -2.46. The first-order valence-corrected chi connectivity index (χ1v) is 12.5. The first-order chi connectivity index (χ1) is 16.4. The third kappa shape index (κ3) is 5.87. The molecule has 0 aliphatic heterocycles. The Morgan fingerprint density at radius 1 is 1.00 bits per heavy atom. The lowest BCUT2D eigenvalue weighted by Gasteiger charge is -2.32. The first-order valence-electron chi connectivity index (χ1n) is 11.1. The first kappa shape index (κ1) is 25.5. The number of hydrogen-bond acceptors (Lipinski definition) is 7. The van der Waals surface area contributed by atoms with Crippen LogP contribution < -0.4 is 19.6 Å². The van der Waals surface area contributed by atoms with E-state index in [0.717, 1.165) is 32.1 Å². The van der Waals surface area contributed by atoms with Crippen LogP contribution in [0, 0.1) is 0 Å². The molecule has 0 heterocycles. The fraction of sp³-hybridized carbons (Fsp3) is 0.417. The minimum Gasteiger partial charge on any atom is -0.493 e. The maximum absolute atomic E-state index is 13.3. The Labute approximate surface area is 200 Å². The summed E-state index contributed by atoms with van der Waals surface area (Å²) in [6, 6.07) is 11.4. The molecule has 1 aliphatic carbocycles. The van der Waals surface area contributed by atoms with Gasteiger partial charge in [0.2, 0.25) is 15.8 Å². The van der Waals surface area contributed by atoms with Gasteiger partial charge < -0.3 is 14.2 Å². The van der Waals surface area contributed by atoms with Crippen molar-refractivity contribution in [3.05, 3.63) is 48.0 Å². The van der Waals surface area contributed by atoms with Crippen LogP contribution >= 0.6 is 0 Å². The molecule has 34 heavy (non-hydrogen) atoms. The summed E-state index contributed by atoms with van der Waals surface area (Å²) in [5, 5.41) is 4.01. The summed E-state index contributed by atoms with van der Waals surface area (Å²) in [5.41, 5.74) is 3.00. The molecule has 1 fully saturated rings. The molecule has 3 rings (SSSR count). The van der Waals surface area contributed by atoms with Gasteiger partial charge in [0.25, 0.3) is 5.91 Å². The van der Waals surface area contributed by atoms with Gasteiger partial charge in [-0.05, 0) is 37.1 Å². The number of nitrogens with one attached hydrogen (secondary N) is 1. The predicted molar refractivity (Wildman–Crippen MR) is 129 cm³/mol. The highest BCUT2D eigenvalue weighted by Gasteiger charge is 2.33. The summed E-state index contributed by atoms with van der Waals surface area (Å²) >= 11 is 0. The zero-order valence-corrected chi connectivity index (χ0v) is 20.5. The van der Waals surface area contributed by atoms with Crippen LogP contribution in [0.3, 0.4) is 0 Å². The number of carbonyl (C=O) groups is 1. The van der Waals surface area contributed by atoms with Gasteiger partial charge in [0.15, 0.2) is 11.5 Å². The molecule has 0 spiro atoms. The average molecular weight is 490 g/mol. The number of benzene rings is 2. The molecular weight excluding hydrogens is 458 g/mol. The second-order valence-corrected chi connectivity index (χ2v) is 9.76. The van der Waals surface area contributed by atoms with E-state index in [9.17, 15) is 13.2 Å². The van der Waals surface area contributed by atoms with Crippen molar-refractivity contribution in [3.8, 4) is 17.2 Å². The monoisotopic (exact) mass is 489 g/mol. The number of nitrogens with zero attached hydrogens (tertiary/aromatic N) is 2. The number of hydrazone groups is 1. The van der Waals surface area contributed by atoms with E-state index in [4.69, 9.17) is 14.2 Å². The van der Waals surface area contributed by atoms with Crippen LogP contribution in [0.25, 0.3) is 0 Å². The number of sulfonamides is 1. The van der Waals surface area contributed by atoms with Crippen LogP contribution in [-0.4, -0.2) is 58.8 Å². The molecule has 9 nitrogen and oxygen atoms in total. The van der Waals surface area contributed by atoms with Crippen molar-refractivity contribution in [1.29, 1.82) is 0 Å². The third-order valence-corrected chi connectivity index (χ3v) is 7.67. The fourth-order valence-electron chi connectivity index (χ4n) is 4.08. The fourth-order valence-corrected chi connectivity index (χ4v) is 5.75. The molecule has 1 aliphatic rings. The van der Waals surface area contributed by atoms with E-state index in [1.54, 1.807) is 42.5 Å². The zero-order chi connectivity index (χ0) is 24.6. The number of methoxy groups -OCH3 is 3. The van der Waals surface area contributed by atoms with Crippen LogP contribution in [0.4, 0.5) is 0 Å². The van der Waals surface area contributed by atoms with E-state index in [1.807, 2.05) is 0 Å². The highest BCUT2D eigenvalue weighted by molar-refractivity contribution is 7.89. The number of amides is 1. The van der Waals surface area contributed by atoms with Gasteiger partial charge in [-0.25, -0.2) is 13.8 Å². The van der Waals surface area contributed by atoms with Crippen molar-refractivity contribution >= 4 is 22.1 Å². The van der Waals surface area contributed by atoms with E-state index in [0.29, 0.717) is 22.8 Å². The average Bonchev–Trinajstić information content (AvgIpc) is 2.87. The van der Waals surface area contributed by atoms with Gasteiger partial charge >= 0.3 is 0 Å². The summed E-state index contributed by atoms with van der Waals surface area (Å²) < 4.78 is 44.0. The summed E-state index contributed by atoms with van der Waals surface area (Å²) in [6.07, 6.45) is 5.81. The van der Waals surface area contributed by atoms with Crippen LogP contribution in [-0.2, 0) is 14.8 Å². The number of carbonyl (C=O) groups excluding carboxylic acids is 1. The normalized spacial score (nSPS) is 14.8. The Morgan fingerprint density at radius 3 is 2.29 bits per heavy atom. The largest absolute Gasteiger partial charge is 0.493 e. The molecule has 1 N–H and O–H groups in total. The van der Waals surface area contributed by atoms with E-state index >= 15 is 0 Å². The zero-order valence-electron chi connectivity index (χ0n) is 19.7. The van der Waals surface area contributed by atoms with Crippen molar-refractivity contribution in [2.75, 3.05) is 27.9 Å². The van der Waals surface area contributed by atoms with Crippen molar-refractivity contribution in [3.63, 3.8) is 0 Å². The number of ether oxygens (including phenoxy) is 3. The van der Waals surface area contributed by atoms with E-state index in [-0.39, 0.29) is 17.5 Å². The van der Waals surface area contributed by atoms with Crippen LogP contribution in [0.5, 0.6) is 17.2 Å². The molecule has 10 heteroatoms. The summed E-state index contributed by atoms with van der Waals surface area (Å²) in [4.78, 5) is 12.9. The smallest absolute Gasteiger partial charge is 0.255 e. The van der Waals surface area contributed by atoms with Gasteiger partial charge in [0.05, 0.1) is 39.0 Å². The molecule has 2 aromatic carbocycles. The molecule has 0 bridgehead atoms. The van der Waals surface area contributed by atoms with E-state index in [2.05, 4.69) is 10.5 Å². The Kier molecular flexibility index (Phi) is 8.89. The minimum absolute atomic E-state index is 0.173. The Balaban J connectivity index is 1.77. The molecule has 0 aromatic heterocycles. The van der Waals surface area contributed by atoms with Gasteiger partial charge in [-0.2, -0.15) is 9.41 Å². The van der Waals surface area contributed by atoms with Crippen molar-refractivity contribution in [2.24, 2.45) is 5.10 Å². The molecular formula is C24H31N3O6S. The second-order valence-electron chi connectivity index (χ2n) is 7.87. The van der Waals surface area contributed by atoms with Crippen LogP contribution in [0.1, 0.15) is 37.7 Å². The molecule has 2 aromatic rings. The van der Waals surface area contributed by atoms with Gasteiger partial charge in [0, 0.05) is 11.6 Å². The third-order valence-electron chi connectivity index (χ3n) is 5.76. The number of rotatable bonds is 10. The predicted octanol–water partition coefficient (Wildman–Crippen LogP) is 3.19. The van der Waals surface area contributed by atoms with Gasteiger partial charge in [-0.15, -0.1) is 0 Å².